The number of piperidine rings is 1. The molecule has 2 heterocycles. The Hall–Kier alpha value is -1.01. The van der Waals surface area contributed by atoms with Crippen LogP contribution in [0.1, 0.15) is 19.8 Å². The van der Waals surface area contributed by atoms with E-state index in [4.69, 9.17) is 4.84 Å². The molecule has 2 aliphatic rings. The number of carbonyl (C=O) groups excluding carboxylic acids is 1. The molecule has 0 radical (unpaired) electrons. The van der Waals surface area contributed by atoms with Crippen molar-refractivity contribution in [1.82, 2.24) is 10.4 Å². The molecule has 6 nitrogen and oxygen atoms in total. The Morgan fingerprint density at radius 1 is 1.71 bits per heavy atom. The number of nitrogens with one attached hydrogen (secondary N) is 1. The van der Waals surface area contributed by atoms with E-state index in [9.17, 15) is 4.79 Å². The van der Waals surface area contributed by atoms with Crippen LogP contribution in [0.3, 0.4) is 0 Å². The molecule has 2 aliphatic heterocycles. The van der Waals surface area contributed by atoms with Crippen LogP contribution in [-0.4, -0.2) is 36.5 Å². The molecule has 0 saturated carbocycles. The molecule has 0 aromatic carbocycles. The Morgan fingerprint density at radius 2 is 2.57 bits per heavy atom. The molecular formula is C8H14N4O2. The van der Waals surface area contributed by atoms with Gasteiger partial charge in [0.25, 0.3) is 0 Å². The Balaban J connectivity index is 2.13. The van der Waals surface area contributed by atoms with Crippen LogP contribution in [0.2, 0.25) is 0 Å². The van der Waals surface area contributed by atoms with Gasteiger partial charge in [0.2, 0.25) is 0 Å². The molecule has 0 aromatic heterocycles. The monoisotopic (exact) mass is 198 g/mol. The van der Waals surface area contributed by atoms with Crippen LogP contribution in [-0.2, 0) is 4.84 Å². The van der Waals surface area contributed by atoms with Crippen LogP contribution < -0.4 is 5.32 Å². The van der Waals surface area contributed by atoms with Gasteiger partial charge in [-0.05, 0) is 26.3 Å². The van der Waals surface area contributed by atoms with Crippen molar-refractivity contribution < 1.29 is 9.63 Å². The van der Waals surface area contributed by atoms with Crippen molar-refractivity contribution in [3.05, 3.63) is 0 Å². The van der Waals surface area contributed by atoms with Crippen molar-refractivity contribution in [3.63, 3.8) is 0 Å². The second kappa shape index (κ2) is 4.02. The second-order valence-corrected chi connectivity index (χ2v) is 3.35. The van der Waals surface area contributed by atoms with E-state index in [1.54, 1.807) is 0 Å². The summed E-state index contributed by atoms with van der Waals surface area (Å²) in [5, 5.41) is 12.0. The number of azo groups is 1. The van der Waals surface area contributed by atoms with Gasteiger partial charge in [0.05, 0.1) is 6.61 Å². The molecule has 0 bridgehead atoms. The lowest BCUT2D eigenvalue weighted by atomic mass is 10.0. The summed E-state index contributed by atoms with van der Waals surface area (Å²) in [4.78, 5) is 16.6. The van der Waals surface area contributed by atoms with E-state index in [1.165, 1.54) is 5.06 Å². The number of hydroxylamine groups is 2. The summed E-state index contributed by atoms with van der Waals surface area (Å²) in [5.74, 6) is 0. The van der Waals surface area contributed by atoms with Gasteiger partial charge < -0.3 is 0 Å². The normalized spacial score (nSPS) is 31.8. The number of amides is 2. The first kappa shape index (κ1) is 9.54. The molecule has 1 N–H and O–H groups in total. The summed E-state index contributed by atoms with van der Waals surface area (Å²) in [7, 11) is 0. The summed E-state index contributed by atoms with van der Waals surface area (Å²) >= 11 is 0. The molecule has 2 amide bonds. The maximum atomic E-state index is 11.3. The molecule has 2 unspecified atom stereocenters. The minimum atomic E-state index is -0.414. The Kier molecular flexibility index (Phi) is 2.74. The van der Waals surface area contributed by atoms with Crippen molar-refractivity contribution in [1.29, 1.82) is 0 Å². The van der Waals surface area contributed by atoms with E-state index < -0.39 is 6.03 Å². The van der Waals surface area contributed by atoms with E-state index in [1.807, 2.05) is 6.92 Å². The van der Waals surface area contributed by atoms with Gasteiger partial charge in [-0.3, -0.25) is 10.2 Å². The number of urea groups is 1. The van der Waals surface area contributed by atoms with E-state index in [-0.39, 0.29) is 12.2 Å². The molecular weight excluding hydrogens is 184 g/mol. The fraction of sp³-hybridized carbons (Fsp3) is 0.875. The lowest BCUT2D eigenvalue weighted by molar-refractivity contribution is -0.158. The molecule has 1 fully saturated rings. The number of carbonyl (C=O) groups is 1. The number of hydrogen-bond acceptors (Lipinski definition) is 4. The van der Waals surface area contributed by atoms with Crippen molar-refractivity contribution in [2.24, 2.45) is 10.2 Å². The summed E-state index contributed by atoms with van der Waals surface area (Å²) in [6.45, 7) is 3.20. The van der Waals surface area contributed by atoms with Crippen molar-refractivity contribution in [3.8, 4) is 0 Å². The number of nitrogens with zero attached hydrogens (tertiary/aromatic N) is 3. The first-order valence-electron chi connectivity index (χ1n) is 4.93. The van der Waals surface area contributed by atoms with E-state index in [0.717, 1.165) is 19.4 Å². The van der Waals surface area contributed by atoms with E-state index in [0.29, 0.717) is 6.61 Å². The quantitative estimate of drug-likeness (QED) is 0.717. The smallest absolute Gasteiger partial charge is 0.293 e. The number of hydrogen-bond donors (Lipinski definition) is 1. The van der Waals surface area contributed by atoms with Gasteiger partial charge >= 0.3 is 6.03 Å². The van der Waals surface area contributed by atoms with E-state index >= 15 is 0 Å². The highest BCUT2D eigenvalue weighted by Crippen LogP contribution is 2.21. The van der Waals surface area contributed by atoms with Gasteiger partial charge in [0.1, 0.15) is 12.2 Å². The van der Waals surface area contributed by atoms with Gasteiger partial charge in [0.15, 0.2) is 0 Å². The zero-order valence-electron chi connectivity index (χ0n) is 8.14. The third kappa shape index (κ3) is 1.62. The van der Waals surface area contributed by atoms with Crippen LogP contribution in [0.25, 0.3) is 0 Å². The second-order valence-electron chi connectivity index (χ2n) is 3.35. The number of fused-ring (bicyclic) bond motifs is 1. The van der Waals surface area contributed by atoms with Crippen LogP contribution in [0.15, 0.2) is 10.2 Å². The average Bonchev–Trinajstić information content (AvgIpc) is 2.23. The lowest BCUT2D eigenvalue weighted by Gasteiger charge is -2.37. The van der Waals surface area contributed by atoms with Gasteiger partial charge in [-0.1, -0.05) is 5.11 Å². The maximum absolute atomic E-state index is 11.3. The van der Waals surface area contributed by atoms with E-state index in [2.05, 4.69) is 15.5 Å². The third-order valence-corrected chi connectivity index (χ3v) is 2.40. The molecule has 0 aromatic rings. The first-order chi connectivity index (χ1) is 6.83. The summed E-state index contributed by atoms with van der Waals surface area (Å²) in [6.07, 6.45) is 1.89. The van der Waals surface area contributed by atoms with Crippen molar-refractivity contribution >= 4 is 6.03 Å². The highest BCUT2D eigenvalue weighted by molar-refractivity contribution is 5.74. The predicted octanol–water partition coefficient (Wildman–Crippen LogP) is 0.904. The molecule has 78 valence electrons. The number of rotatable bonds is 2. The van der Waals surface area contributed by atoms with Crippen molar-refractivity contribution in [2.45, 2.75) is 32.0 Å². The molecule has 1 saturated heterocycles. The molecule has 0 aliphatic carbocycles. The zero-order chi connectivity index (χ0) is 9.97. The molecule has 0 spiro atoms. The lowest BCUT2D eigenvalue weighted by Crippen LogP contribution is -2.58. The molecule has 2 atom stereocenters. The highest BCUT2D eigenvalue weighted by atomic mass is 16.7. The highest BCUT2D eigenvalue weighted by Gasteiger charge is 2.37. The van der Waals surface area contributed by atoms with Crippen LogP contribution in [0, 0.1) is 0 Å². The topological polar surface area (TPSA) is 66.3 Å². The summed E-state index contributed by atoms with van der Waals surface area (Å²) in [6, 6.07) is -0.365. The molecule has 6 heteroatoms. The standard InChI is InChI=1S/C8H14N4O2/c1-2-14-12-7-6(4-3-5-9-7)10-11-8(12)13/h6-7,9H,2-5H2,1H3. The van der Waals surface area contributed by atoms with Gasteiger partial charge in [-0.15, -0.1) is 0 Å². The van der Waals surface area contributed by atoms with Gasteiger partial charge in [-0.25, -0.2) is 4.79 Å². The zero-order valence-corrected chi connectivity index (χ0v) is 8.14. The molecule has 2 rings (SSSR count). The Morgan fingerprint density at radius 3 is 3.36 bits per heavy atom. The fourth-order valence-corrected chi connectivity index (χ4v) is 1.78. The Labute approximate surface area is 82.3 Å². The SMILES string of the molecule is CCON1C(=O)N=NC2CCCNC21. The predicted molar refractivity (Wildman–Crippen MR) is 48.5 cm³/mol. The van der Waals surface area contributed by atoms with Gasteiger partial charge in [0, 0.05) is 0 Å². The Bertz CT molecular complexity index is 256. The van der Waals surface area contributed by atoms with Crippen LogP contribution in [0.5, 0.6) is 0 Å². The maximum Gasteiger partial charge on any atom is 0.387 e. The van der Waals surface area contributed by atoms with Crippen molar-refractivity contribution in [2.75, 3.05) is 13.2 Å². The third-order valence-electron chi connectivity index (χ3n) is 2.40. The summed E-state index contributed by atoms with van der Waals surface area (Å²) in [5.41, 5.74) is 0. The first-order valence-corrected chi connectivity index (χ1v) is 4.93. The van der Waals surface area contributed by atoms with Gasteiger partial charge in [-0.2, -0.15) is 10.2 Å². The van der Waals surface area contributed by atoms with Crippen LogP contribution in [0.4, 0.5) is 4.79 Å². The average molecular weight is 198 g/mol. The van der Waals surface area contributed by atoms with Crippen LogP contribution >= 0.6 is 0 Å². The largest absolute Gasteiger partial charge is 0.387 e. The fourth-order valence-electron chi connectivity index (χ4n) is 1.78. The summed E-state index contributed by atoms with van der Waals surface area (Å²) < 4.78 is 0. The minimum Gasteiger partial charge on any atom is -0.293 e. The molecule has 14 heavy (non-hydrogen) atoms. The minimum absolute atomic E-state index is 0.0491.